The van der Waals surface area contributed by atoms with Gasteiger partial charge in [-0.2, -0.15) is 9.97 Å². The van der Waals surface area contributed by atoms with Crippen LogP contribution < -0.4 is 0 Å². The fraction of sp³-hybridized carbons (Fsp3) is 0.0364. The fourth-order valence-electron chi connectivity index (χ4n) is 8.71. The second kappa shape index (κ2) is 14.5. The van der Waals surface area contributed by atoms with Gasteiger partial charge >= 0.3 is 0 Å². The van der Waals surface area contributed by atoms with Crippen molar-refractivity contribution in [2.45, 2.75) is 13.8 Å². The lowest BCUT2D eigenvalue weighted by Gasteiger charge is -2.13. The average Bonchev–Trinajstić information content (AvgIpc) is 3.89. The van der Waals surface area contributed by atoms with E-state index in [2.05, 4.69) is 180 Å². The van der Waals surface area contributed by atoms with Crippen LogP contribution >= 0.6 is 0 Å². The molecule has 9 aromatic carbocycles. The molecule has 0 aliphatic rings. The summed E-state index contributed by atoms with van der Waals surface area (Å²) in [5, 5.41) is 9.06. The number of aromatic nitrogens is 4. The Morgan fingerprint density at radius 2 is 0.983 bits per heavy atom. The molecule has 0 fully saturated rings. The highest BCUT2D eigenvalue weighted by molar-refractivity contribution is 6.24. The van der Waals surface area contributed by atoms with Gasteiger partial charge in [0.25, 0.3) is 0 Å². The topological polar surface area (TPSA) is 56.7 Å². The Hall–Kier alpha value is -7.89. The van der Waals surface area contributed by atoms with Gasteiger partial charge in [0.05, 0.1) is 11.0 Å². The van der Waals surface area contributed by atoms with Crippen molar-refractivity contribution in [3.63, 3.8) is 0 Å². The summed E-state index contributed by atoms with van der Waals surface area (Å²) < 4.78 is 8.89. The summed E-state index contributed by atoms with van der Waals surface area (Å²) in [6.07, 6.45) is 0. The van der Waals surface area contributed by atoms with Crippen molar-refractivity contribution in [1.29, 1.82) is 0 Å². The van der Waals surface area contributed by atoms with Gasteiger partial charge in [0.15, 0.2) is 11.6 Å². The van der Waals surface area contributed by atoms with E-state index in [1.54, 1.807) is 0 Å². The van der Waals surface area contributed by atoms with Gasteiger partial charge in [0.2, 0.25) is 5.95 Å². The molecule has 5 heteroatoms. The Kier molecular flexibility index (Phi) is 8.52. The maximum absolute atomic E-state index is 6.66. The van der Waals surface area contributed by atoms with E-state index in [1.165, 1.54) is 10.8 Å². The van der Waals surface area contributed by atoms with E-state index in [0.717, 1.165) is 87.9 Å². The van der Waals surface area contributed by atoms with E-state index in [-0.39, 0.29) is 0 Å². The van der Waals surface area contributed by atoms with Crippen molar-refractivity contribution >= 4 is 65.3 Å². The highest BCUT2D eigenvalue weighted by Gasteiger charge is 2.23. The monoisotopic (exact) mass is 770 g/mol. The van der Waals surface area contributed by atoms with Crippen molar-refractivity contribution in [1.82, 2.24) is 19.5 Å². The summed E-state index contributed by atoms with van der Waals surface area (Å²) in [5.74, 6) is 1.74. The van der Waals surface area contributed by atoms with Gasteiger partial charge in [-0.3, -0.25) is 4.57 Å². The van der Waals surface area contributed by atoms with Crippen molar-refractivity contribution < 1.29 is 4.42 Å². The molecule has 0 atom stereocenters. The molecule has 3 aromatic heterocycles. The minimum Gasteiger partial charge on any atom is -0.455 e. The zero-order chi connectivity index (χ0) is 40.2. The quantitative estimate of drug-likeness (QED) is 0.175. The minimum atomic E-state index is 0.541. The normalized spacial score (nSPS) is 11.5. The van der Waals surface area contributed by atoms with E-state index in [4.69, 9.17) is 19.4 Å². The Morgan fingerprint density at radius 3 is 1.80 bits per heavy atom. The second-order valence-corrected chi connectivity index (χ2v) is 14.8. The van der Waals surface area contributed by atoms with Gasteiger partial charge in [-0.15, -0.1) is 0 Å². The van der Waals surface area contributed by atoms with Crippen LogP contribution in [0.15, 0.2) is 199 Å². The van der Waals surface area contributed by atoms with Crippen molar-refractivity contribution in [3.05, 3.63) is 194 Å². The maximum atomic E-state index is 6.66. The molecule has 0 spiro atoms. The van der Waals surface area contributed by atoms with Crippen molar-refractivity contribution in [2.75, 3.05) is 0 Å². The summed E-state index contributed by atoms with van der Waals surface area (Å²) in [6.45, 7) is 4.00. The highest BCUT2D eigenvalue weighted by atomic mass is 16.3. The lowest BCUT2D eigenvalue weighted by atomic mass is 9.98. The first kappa shape index (κ1) is 35.3. The molecule has 0 saturated heterocycles. The van der Waals surface area contributed by atoms with Gasteiger partial charge in [-0.1, -0.05) is 190 Å². The smallest absolute Gasteiger partial charge is 0.238 e. The molecule has 0 aliphatic carbocycles. The minimum absolute atomic E-state index is 0.541. The van der Waals surface area contributed by atoms with Crippen molar-refractivity contribution in [3.8, 4) is 51.0 Å². The number of hydrogen-bond donors (Lipinski definition) is 0. The van der Waals surface area contributed by atoms with Crippen LogP contribution in [0.3, 0.4) is 0 Å². The van der Waals surface area contributed by atoms with Crippen LogP contribution in [-0.2, 0) is 0 Å². The third kappa shape index (κ3) is 5.74. The number of hydrogen-bond acceptors (Lipinski definition) is 4. The average molecular weight is 771 g/mol. The molecule has 12 aromatic rings. The molecule has 0 N–H and O–H groups in total. The molecular weight excluding hydrogens is 733 g/mol. The molecule has 0 radical (unpaired) electrons. The summed E-state index contributed by atoms with van der Waals surface area (Å²) in [4.78, 5) is 15.9. The van der Waals surface area contributed by atoms with Gasteiger partial charge in [0, 0.05) is 43.8 Å². The molecular formula is C55H38N4O. The summed E-state index contributed by atoms with van der Waals surface area (Å²) in [7, 11) is 0. The van der Waals surface area contributed by atoms with Crippen LogP contribution in [0.4, 0.5) is 0 Å². The highest BCUT2D eigenvalue weighted by Crippen LogP contribution is 2.44. The zero-order valence-electron chi connectivity index (χ0n) is 33.2. The van der Waals surface area contributed by atoms with Crippen LogP contribution in [0.5, 0.6) is 0 Å². The zero-order valence-corrected chi connectivity index (χ0v) is 33.2. The summed E-state index contributed by atoms with van der Waals surface area (Å²) in [6, 6.07) is 68.0. The van der Waals surface area contributed by atoms with Crippen LogP contribution in [0, 0.1) is 0 Å². The Labute approximate surface area is 346 Å². The Bertz CT molecular complexity index is 3560. The molecule has 0 unspecified atom stereocenters. The second-order valence-electron chi connectivity index (χ2n) is 14.8. The molecule has 3 heterocycles. The Morgan fingerprint density at radius 1 is 0.400 bits per heavy atom. The molecule has 60 heavy (non-hydrogen) atoms. The fourth-order valence-corrected chi connectivity index (χ4v) is 8.71. The van der Waals surface area contributed by atoms with E-state index < -0.39 is 0 Å². The first-order chi connectivity index (χ1) is 29.7. The third-order valence-electron chi connectivity index (χ3n) is 11.5. The van der Waals surface area contributed by atoms with Crippen LogP contribution in [0.2, 0.25) is 0 Å². The predicted molar refractivity (Wildman–Crippen MR) is 250 cm³/mol. The first-order valence-corrected chi connectivity index (χ1v) is 20.5. The van der Waals surface area contributed by atoms with Gasteiger partial charge in [-0.05, 0) is 50.9 Å². The van der Waals surface area contributed by atoms with E-state index in [0.29, 0.717) is 17.6 Å². The number of para-hydroxylation sites is 3. The van der Waals surface area contributed by atoms with E-state index in [9.17, 15) is 0 Å². The molecule has 5 nitrogen and oxygen atoms in total. The number of nitrogens with zero attached hydrogens (tertiary/aromatic N) is 4. The number of benzene rings is 9. The third-order valence-corrected chi connectivity index (χ3v) is 11.5. The van der Waals surface area contributed by atoms with Gasteiger partial charge in [0.1, 0.15) is 11.2 Å². The van der Waals surface area contributed by atoms with E-state index >= 15 is 0 Å². The molecule has 12 rings (SSSR count). The summed E-state index contributed by atoms with van der Waals surface area (Å²) >= 11 is 0. The van der Waals surface area contributed by atoms with E-state index in [1.807, 2.05) is 32.0 Å². The Balaban J connectivity index is 0.00000201. The molecule has 284 valence electrons. The lowest BCUT2D eigenvalue weighted by molar-refractivity contribution is 0.670. The largest absolute Gasteiger partial charge is 0.455 e. The summed E-state index contributed by atoms with van der Waals surface area (Å²) in [5.41, 5.74) is 9.89. The standard InChI is InChI=1S/C53H32N4O.C2H6/c1-2-12-33(13-3-1)35-24-27-37(28-25-35)51-54-52(39-29-26-34-14-4-5-16-38(34)32-39)56-53(55-51)57-46-31-30-36-15-6-7-17-40(36)48(46)45-22-10-19-42(49(45)57)44-21-11-20-43-41-18-8-9-23-47(41)58-50(43)44;1-2/h1-32H;1-2H3. The van der Waals surface area contributed by atoms with Crippen LogP contribution in [-0.4, -0.2) is 19.5 Å². The molecule has 0 amide bonds. The van der Waals surface area contributed by atoms with Gasteiger partial charge in [-0.25, -0.2) is 4.98 Å². The SMILES string of the molecule is CC.c1ccc(-c2ccc(-c3nc(-c4ccc5ccccc5c4)nc(-n4c5ccc6ccccc6c5c5cccc(-c6cccc7c6oc6ccccc67)c54)n3)cc2)cc1. The van der Waals surface area contributed by atoms with Crippen molar-refractivity contribution in [2.24, 2.45) is 0 Å². The number of furan rings is 1. The van der Waals surface area contributed by atoms with Crippen LogP contribution in [0.1, 0.15) is 13.8 Å². The maximum Gasteiger partial charge on any atom is 0.238 e. The molecule has 0 bridgehead atoms. The number of fused-ring (bicyclic) bond motifs is 9. The molecule has 0 saturated carbocycles. The first-order valence-electron chi connectivity index (χ1n) is 20.5. The lowest BCUT2D eigenvalue weighted by Crippen LogP contribution is -2.07. The predicted octanol–water partition coefficient (Wildman–Crippen LogP) is 14.9. The van der Waals surface area contributed by atoms with Crippen LogP contribution in [0.25, 0.3) is 116 Å². The van der Waals surface area contributed by atoms with Gasteiger partial charge < -0.3 is 4.42 Å². The number of rotatable bonds is 5. The molecule has 0 aliphatic heterocycles.